The van der Waals surface area contributed by atoms with E-state index in [4.69, 9.17) is 4.74 Å². The van der Waals surface area contributed by atoms with Crippen molar-refractivity contribution >= 4 is 22.6 Å². The highest BCUT2D eigenvalue weighted by atomic mass is 16.5. The molecule has 0 bridgehead atoms. The first-order valence-electron chi connectivity index (χ1n) is 10.7. The van der Waals surface area contributed by atoms with Crippen molar-refractivity contribution in [2.75, 3.05) is 13.7 Å². The van der Waals surface area contributed by atoms with Crippen molar-refractivity contribution in [2.45, 2.75) is 59.0 Å². The third kappa shape index (κ3) is 4.89. The van der Waals surface area contributed by atoms with Crippen LogP contribution in [0.5, 0.6) is 0 Å². The van der Waals surface area contributed by atoms with Crippen LogP contribution in [-0.4, -0.2) is 46.3 Å². The highest BCUT2D eigenvalue weighted by Crippen LogP contribution is 2.26. The van der Waals surface area contributed by atoms with Gasteiger partial charge in [0.1, 0.15) is 0 Å². The molecule has 1 heterocycles. The summed E-state index contributed by atoms with van der Waals surface area (Å²) in [7, 11) is 1.77. The molecule has 0 aliphatic heterocycles. The third-order valence-corrected chi connectivity index (χ3v) is 5.85. The maximum Gasteiger partial charge on any atom is 0.359 e. The number of nitrogens with zero attached hydrogens (tertiary/aromatic N) is 3. The summed E-state index contributed by atoms with van der Waals surface area (Å²) in [6.45, 7) is 6.24. The summed E-state index contributed by atoms with van der Waals surface area (Å²) in [6.07, 6.45) is 4.16. The minimum atomic E-state index is -0.692. The van der Waals surface area contributed by atoms with Crippen LogP contribution in [0, 0.1) is 11.8 Å². The summed E-state index contributed by atoms with van der Waals surface area (Å²) >= 11 is 0. The number of benzene rings is 1. The molecule has 1 fully saturated rings. The van der Waals surface area contributed by atoms with Gasteiger partial charge >= 0.3 is 5.97 Å². The van der Waals surface area contributed by atoms with Gasteiger partial charge < -0.3 is 9.64 Å². The van der Waals surface area contributed by atoms with Gasteiger partial charge in [0.15, 0.2) is 12.3 Å². The Kier molecular flexibility index (Phi) is 6.90. The molecule has 1 aromatic carbocycles. The van der Waals surface area contributed by atoms with Crippen molar-refractivity contribution < 1.29 is 14.3 Å². The number of rotatable bonds is 6. The number of carbonyl (C=O) groups is 2. The minimum absolute atomic E-state index is 0.0628. The van der Waals surface area contributed by atoms with E-state index in [9.17, 15) is 14.4 Å². The molecule has 2 aromatic rings. The maximum atomic E-state index is 12.8. The van der Waals surface area contributed by atoms with Gasteiger partial charge in [-0.25, -0.2) is 9.48 Å². The average Bonchev–Trinajstić information content (AvgIpc) is 2.73. The molecule has 1 aliphatic carbocycles. The summed E-state index contributed by atoms with van der Waals surface area (Å²) < 4.78 is 6.63. The number of fused-ring (bicyclic) bond motifs is 1. The Labute approximate surface area is 177 Å². The molecule has 1 aromatic heterocycles. The lowest BCUT2D eigenvalue weighted by molar-refractivity contribution is -0.136. The quantitative estimate of drug-likeness (QED) is 0.679. The second-order valence-electron chi connectivity index (χ2n) is 8.77. The summed E-state index contributed by atoms with van der Waals surface area (Å²) in [5.74, 6) is -0.0254. The Morgan fingerprint density at radius 1 is 1.17 bits per heavy atom. The Morgan fingerprint density at radius 2 is 1.80 bits per heavy atom. The molecule has 0 unspecified atom stereocenters. The number of hydrogen-bond donors (Lipinski definition) is 0. The van der Waals surface area contributed by atoms with Crippen LogP contribution in [0.15, 0.2) is 29.1 Å². The molecule has 0 radical (unpaired) electrons. The predicted molar refractivity (Wildman–Crippen MR) is 115 cm³/mol. The Hall–Kier alpha value is -2.70. The van der Waals surface area contributed by atoms with Crippen molar-refractivity contribution in [3.8, 4) is 0 Å². The van der Waals surface area contributed by atoms with E-state index in [1.807, 2.05) is 13.8 Å². The molecule has 1 aliphatic rings. The van der Waals surface area contributed by atoms with E-state index in [2.05, 4.69) is 12.0 Å². The smallest absolute Gasteiger partial charge is 0.359 e. The number of amides is 1. The maximum absolute atomic E-state index is 12.8. The second kappa shape index (κ2) is 9.41. The second-order valence-corrected chi connectivity index (χ2v) is 8.77. The van der Waals surface area contributed by atoms with Gasteiger partial charge in [-0.05, 0) is 43.6 Å². The van der Waals surface area contributed by atoms with Gasteiger partial charge in [-0.1, -0.05) is 39.0 Å². The van der Waals surface area contributed by atoms with Crippen molar-refractivity contribution in [1.29, 1.82) is 0 Å². The molecule has 0 N–H and O–H groups in total. The first-order valence-corrected chi connectivity index (χ1v) is 10.7. The zero-order valence-electron chi connectivity index (χ0n) is 18.3. The molecule has 7 heteroatoms. The summed E-state index contributed by atoms with van der Waals surface area (Å²) in [6, 6.07) is 7.05. The fourth-order valence-electron chi connectivity index (χ4n) is 3.99. The Balaban J connectivity index is 1.75. The van der Waals surface area contributed by atoms with Crippen LogP contribution >= 0.6 is 0 Å². The SMILES string of the molecule is CC(C)Cn1nc(C(=O)OCC(=O)N(C)C2CCC(C)CC2)c2ccccc2c1=O. The molecule has 0 spiro atoms. The van der Waals surface area contributed by atoms with E-state index in [1.165, 1.54) is 4.68 Å². The average molecular weight is 414 g/mol. The van der Waals surface area contributed by atoms with Gasteiger partial charge in [-0.3, -0.25) is 9.59 Å². The molecular weight excluding hydrogens is 382 g/mol. The van der Waals surface area contributed by atoms with Crippen LogP contribution in [0.25, 0.3) is 10.8 Å². The highest BCUT2D eigenvalue weighted by Gasteiger charge is 2.26. The molecule has 30 heavy (non-hydrogen) atoms. The Morgan fingerprint density at radius 3 is 2.43 bits per heavy atom. The van der Waals surface area contributed by atoms with E-state index in [0.717, 1.165) is 25.7 Å². The normalized spacial score (nSPS) is 19.1. The number of likely N-dealkylation sites (N-methyl/N-ethyl adjacent to an activating group) is 1. The van der Waals surface area contributed by atoms with Crippen LogP contribution in [0.2, 0.25) is 0 Å². The molecule has 7 nitrogen and oxygen atoms in total. The van der Waals surface area contributed by atoms with E-state index in [1.54, 1.807) is 36.2 Å². The third-order valence-electron chi connectivity index (χ3n) is 5.85. The predicted octanol–water partition coefficient (Wildman–Crippen LogP) is 3.25. The lowest BCUT2D eigenvalue weighted by Gasteiger charge is -2.33. The van der Waals surface area contributed by atoms with Crippen LogP contribution < -0.4 is 5.56 Å². The first-order chi connectivity index (χ1) is 14.3. The van der Waals surface area contributed by atoms with E-state index >= 15 is 0 Å². The van der Waals surface area contributed by atoms with Gasteiger partial charge in [0, 0.05) is 25.0 Å². The molecular formula is C23H31N3O4. The molecule has 162 valence electrons. The molecule has 1 amide bonds. The summed E-state index contributed by atoms with van der Waals surface area (Å²) in [4.78, 5) is 39.7. The zero-order valence-corrected chi connectivity index (χ0v) is 18.3. The number of carbonyl (C=O) groups excluding carboxylic acids is 2. The van der Waals surface area contributed by atoms with Gasteiger partial charge in [-0.15, -0.1) is 0 Å². The number of esters is 1. The minimum Gasteiger partial charge on any atom is -0.451 e. The molecule has 0 atom stereocenters. The number of aromatic nitrogens is 2. The first kappa shape index (κ1) is 22.0. The van der Waals surface area contributed by atoms with Crippen molar-refractivity contribution in [3.05, 3.63) is 40.3 Å². The lowest BCUT2D eigenvalue weighted by atomic mass is 9.87. The van der Waals surface area contributed by atoms with Crippen LogP contribution in [0.1, 0.15) is 56.9 Å². The molecule has 3 rings (SSSR count). The Bertz CT molecular complexity index is 974. The van der Waals surface area contributed by atoms with Crippen LogP contribution in [0.4, 0.5) is 0 Å². The summed E-state index contributed by atoms with van der Waals surface area (Å²) in [5.41, 5.74) is -0.175. The van der Waals surface area contributed by atoms with E-state index in [-0.39, 0.29) is 35.7 Å². The highest BCUT2D eigenvalue weighted by molar-refractivity contribution is 6.02. The topological polar surface area (TPSA) is 81.5 Å². The van der Waals surface area contributed by atoms with Gasteiger partial charge in [-0.2, -0.15) is 5.10 Å². The molecule has 0 saturated heterocycles. The standard InChI is InChI=1S/C23H31N3O4/c1-15(2)13-26-22(28)19-8-6-5-7-18(19)21(24-26)23(29)30-14-20(27)25(4)17-11-9-16(3)10-12-17/h5-8,15-17H,9-14H2,1-4H3. The van der Waals surface area contributed by atoms with Crippen molar-refractivity contribution in [3.63, 3.8) is 0 Å². The fraction of sp³-hybridized carbons (Fsp3) is 0.565. The van der Waals surface area contributed by atoms with Crippen molar-refractivity contribution in [1.82, 2.24) is 14.7 Å². The zero-order chi connectivity index (χ0) is 21.8. The van der Waals surface area contributed by atoms with Gasteiger partial charge in [0.2, 0.25) is 0 Å². The lowest BCUT2D eigenvalue weighted by Crippen LogP contribution is -2.41. The van der Waals surface area contributed by atoms with Crippen LogP contribution in [-0.2, 0) is 16.1 Å². The van der Waals surface area contributed by atoms with Crippen molar-refractivity contribution in [2.24, 2.45) is 11.8 Å². The van der Waals surface area contributed by atoms with E-state index < -0.39 is 5.97 Å². The monoisotopic (exact) mass is 413 g/mol. The van der Waals surface area contributed by atoms with Gasteiger partial charge in [0.05, 0.1) is 5.39 Å². The fourth-order valence-corrected chi connectivity index (χ4v) is 3.99. The largest absolute Gasteiger partial charge is 0.451 e. The van der Waals surface area contributed by atoms with Gasteiger partial charge in [0.25, 0.3) is 11.5 Å². The number of hydrogen-bond acceptors (Lipinski definition) is 5. The van der Waals surface area contributed by atoms with E-state index in [0.29, 0.717) is 23.2 Å². The number of ether oxygens (including phenoxy) is 1. The molecule has 1 saturated carbocycles. The summed E-state index contributed by atoms with van der Waals surface area (Å²) in [5, 5.41) is 5.12. The van der Waals surface area contributed by atoms with Crippen LogP contribution in [0.3, 0.4) is 0 Å².